The number of nitrogens with zero attached hydrogens (tertiary/aromatic N) is 1. The molecule has 0 unspecified atom stereocenters. The zero-order chi connectivity index (χ0) is 15.1. The van der Waals surface area contributed by atoms with E-state index < -0.39 is 0 Å². The number of nitrogens with two attached hydrogens (primary N) is 1. The minimum absolute atomic E-state index is 0.178. The van der Waals surface area contributed by atoms with Crippen LogP contribution in [-0.2, 0) is 11.3 Å². The van der Waals surface area contributed by atoms with E-state index >= 15 is 0 Å². The first kappa shape index (κ1) is 16.8. The predicted octanol–water partition coefficient (Wildman–Crippen LogP) is 2.40. The summed E-state index contributed by atoms with van der Waals surface area (Å²) in [6, 6.07) is 5.79. The zero-order valence-electron chi connectivity index (χ0n) is 12.4. The molecule has 0 atom stereocenters. The highest BCUT2D eigenvalue weighted by Gasteiger charge is 2.15. The van der Waals surface area contributed by atoms with Crippen LogP contribution in [0.5, 0.6) is 0 Å². The van der Waals surface area contributed by atoms with Gasteiger partial charge in [-0.2, -0.15) is 0 Å². The molecule has 4 nitrogen and oxygen atoms in total. The molecule has 0 aliphatic heterocycles. The molecule has 0 bridgehead atoms. The third-order valence-electron chi connectivity index (χ3n) is 2.98. The third kappa shape index (κ3) is 5.02. The summed E-state index contributed by atoms with van der Waals surface area (Å²) in [4.78, 5) is 13.1. The van der Waals surface area contributed by atoms with Gasteiger partial charge >= 0.3 is 0 Å². The average molecular weight is 298 g/mol. The normalized spacial score (nSPS) is 10.8. The van der Waals surface area contributed by atoms with Crippen LogP contribution in [0.25, 0.3) is 0 Å². The molecule has 1 aromatic carbocycles. The number of nitrogens with one attached hydrogen (secondary N) is 1. The van der Waals surface area contributed by atoms with E-state index in [0.717, 1.165) is 24.3 Å². The summed E-state index contributed by atoms with van der Waals surface area (Å²) in [5.74, 6) is 0.235. The quantitative estimate of drug-likeness (QED) is 0.774. The minimum atomic E-state index is -0.354. The lowest BCUT2D eigenvalue weighted by Gasteiger charge is -2.25. The Hall–Kier alpha value is -1.26. The Morgan fingerprint density at radius 2 is 2.15 bits per heavy atom. The molecule has 0 aliphatic rings. The Morgan fingerprint density at radius 3 is 2.70 bits per heavy atom. The maximum Gasteiger partial charge on any atom is 0.236 e. The Kier molecular flexibility index (Phi) is 6.82. The van der Waals surface area contributed by atoms with Crippen molar-refractivity contribution < 1.29 is 4.79 Å². The van der Waals surface area contributed by atoms with Crippen LogP contribution in [-0.4, -0.2) is 25.5 Å². The van der Waals surface area contributed by atoms with E-state index in [1.807, 2.05) is 30.0 Å². The Balaban J connectivity index is 2.94. The van der Waals surface area contributed by atoms with Crippen molar-refractivity contribution in [2.24, 2.45) is 11.7 Å². The fourth-order valence-electron chi connectivity index (χ4n) is 2.09. The second-order valence-corrected chi connectivity index (χ2v) is 5.66. The second-order valence-electron chi connectivity index (χ2n) is 5.25. The van der Waals surface area contributed by atoms with E-state index in [1.54, 1.807) is 0 Å². The van der Waals surface area contributed by atoms with Gasteiger partial charge in [-0.1, -0.05) is 37.6 Å². The smallest absolute Gasteiger partial charge is 0.236 e. The monoisotopic (exact) mass is 297 g/mol. The van der Waals surface area contributed by atoms with Gasteiger partial charge in [-0.25, -0.2) is 0 Å². The van der Waals surface area contributed by atoms with Crippen molar-refractivity contribution in [3.05, 3.63) is 28.8 Å². The van der Waals surface area contributed by atoms with E-state index in [-0.39, 0.29) is 12.5 Å². The maximum absolute atomic E-state index is 11.2. The van der Waals surface area contributed by atoms with Crippen molar-refractivity contribution in [3.8, 4) is 0 Å². The average Bonchev–Trinajstić information content (AvgIpc) is 2.36. The molecule has 3 N–H and O–H groups in total. The van der Waals surface area contributed by atoms with E-state index in [0.29, 0.717) is 17.5 Å². The fourth-order valence-corrected chi connectivity index (χ4v) is 2.40. The summed E-state index contributed by atoms with van der Waals surface area (Å²) in [6.07, 6.45) is 0. The first-order chi connectivity index (χ1) is 9.45. The number of rotatable bonds is 8. The second kappa shape index (κ2) is 8.12. The highest BCUT2D eigenvalue weighted by Crippen LogP contribution is 2.29. The number of carbonyl (C=O) groups excluding carboxylic acids is 1. The van der Waals surface area contributed by atoms with Crippen molar-refractivity contribution >= 4 is 23.2 Å². The van der Waals surface area contributed by atoms with Gasteiger partial charge in [0, 0.05) is 13.1 Å². The van der Waals surface area contributed by atoms with Gasteiger partial charge in [-0.3, -0.25) is 4.79 Å². The van der Waals surface area contributed by atoms with E-state index in [1.165, 1.54) is 0 Å². The van der Waals surface area contributed by atoms with Crippen LogP contribution in [0.4, 0.5) is 5.69 Å². The van der Waals surface area contributed by atoms with Crippen LogP contribution in [0.1, 0.15) is 26.3 Å². The van der Waals surface area contributed by atoms with Crippen LogP contribution in [0.3, 0.4) is 0 Å². The summed E-state index contributed by atoms with van der Waals surface area (Å²) < 4.78 is 0. The lowest BCUT2D eigenvalue weighted by atomic mass is 10.1. The molecule has 0 saturated carbocycles. The first-order valence-electron chi connectivity index (χ1n) is 6.97. The summed E-state index contributed by atoms with van der Waals surface area (Å²) in [7, 11) is 0. The molecule has 1 aromatic rings. The number of likely N-dealkylation sites (N-methyl/N-ethyl adjacent to an activating group) is 1. The number of primary amides is 1. The number of benzene rings is 1. The van der Waals surface area contributed by atoms with Crippen LogP contribution in [0, 0.1) is 5.92 Å². The molecular formula is C15H24ClN3O. The minimum Gasteiger partial charge on any atom is -0.368 e. The van der Waals surface area contributed by atoms with Gasteiger partial charge in [0.2, 0.25) is 5.91 Å². The van der Waals surface area contributed by atoms with Crippen LogP contribution < -0.4 is 16.0 Å². The van der Waals surface area contributed by atoms with Gasteiger partial charge in [-0.05, 0) is 31.0 Å². The number of anilines is 1. The molecule has 0 spiro atoms. The van der Waals surface area contributed by atoms with Crippen LogP contribution in [0.15, 0.2) is 18.2 Å². The highest BCUT2D eigenvalue weighted by atomic mass is 35.5. The molecule has 1 amide bonds. The summed E-state index contributed by atoms with van der Waals surface area (Å²) in [5, 5.41) is 4.05. The van der Waals surface area contributed by atoms with Gasteiger partial charge < -0.3 is 16.0 Å². The molecule has 0 aliphatic carbocycles. The number of para-hydroxylation sites is 1. The van der Waals surface area contributed by atoms with Gasteiger partial charge in [0.15, 0.2) is 0 Å². The number of hydrogen-bond donors (Lipinski definition) is 2. The SMILES string of the molecule is CCN(CC(N)=O)c1c(Cl)cccc1CNCC(C)C. The van der Waals surface area contributed by atoms with Crippen molar-refractivity contribution in [2.45, 2.75) is 27.3 Å². The molecule has 0 fully saturated rings. The van der Waals surface area contributed by atoms with E-state index in [2.05, 4.69) is 19.2 Å². The summed E-state index contributed by atoms with van der Waals surface area (Å²) in [5.41, 5.74) is 7.29. The van der Waals surface area contributed by atoms with Crippen molar-refractivity contribution in [1.82, 2.24) is 5.32 Å². The lowest BCUT2D eigenvalue weighted by Crippen LogP contribution is -2.34. The molecule has 0 saturated heterocycles. The maximum atomic E-state index is 11.2. The number of amides is 1. The van der Waals surface area contributed by atoms with Gasteiger partial charge in [0.25, 0.3) is 0 Å². The number of hydrogen-bond acceptors (Lipinski definition) is 3. The Labute approximate surface area is 126 Å². The standard InChI is InChI=1S/C15H24ClN3O/c1-4-19(10-14(17)20)15-12(6-5-7-13(15)16)9-18-8-11(2)3/h5-7,11,18H,4,8-10H2,1-3H3,(H2,17,20). The molecule has 20 heavy (non-hydrogen) atoms. The summed E-state index contributed by atoms with van der Waals surface area (Å²) in [6.45, 7) is 8.84. The predicted molar refractivity (Wildman–Crippen MR) is 85.1 cm³/mol. The van der Waals surface area contributed by atoms with Crippen molar-refractivity contribution in [1.29, 1.82) is 0 Å². The molecule has 112 valence electrons. The number of halogens is 1. The van der Waals surface area contributed by atoms with Gasteiger partial charge in [0.05, 0.1) is 17.3 Å². The molecule has 0 radical (unpaired) electrons. The molecular weight excluding hydrogens is 274 g/mol. The molecule has 1 rings (SSSR count). The van der Waals surface area contributed by atoms with Crippen molar-refractivity contribution in [2.75, 3.05) is 24.5 Å². The number of carbonyl (C=O) groups is 1. The Morgan fingerprint density at radius 1 is 1.45 bits per heavy atom. The van der Waals surface area contributed by atoms with Crippen LogP contribution >= 0.6 is 11.6 Å². The molecule has 0 heterocycles. The van der Waals surface area contributed by atoms with Gasteiger partial charge in [-0.15, -0.1) is 0 Å². The molecule has 5 heteroatoms. The topological polar surface area (TPSA) is 58.4 Å². The third-order valence-corrected chi connectivity index (χ3v) is 3.29. The summed E-state index contributed by atoms with van der Waals surface area (Å²) >= 11 is 6.31. The zero-order valence-corrected chi connectivity index (χ0v) is 13.2. The lowest BCUT2D eigenvalue weighted by molar-refractivity contribution is -0.116. The first-order valence-corrected chi connectivity index (χ1v) is 7.34. The molecule has 0 aromatic heterocycles. The fraction of sp³-hybridized carbons (Fsp3) is 0.533. The van der Waals surface area contributed by atoms with E-state index in [9.17, 15) is 4.79 Å². The van der Waals surface area contributed by atoms with Gasteiger partial charge in [0.1, 0.15) is 0 Å². The van der Waals surface area contributed by atoms with Crippen LogP contribution in [0.2, 0.25) is 5.02 Å². The van der Waals surface area contributed by atoms with E-state index in [4.69, 9.17) is 17.3 Å². The Bertz CT molecular complexity index is 449. The van der Waals surface area contributed by atoms with Crippen molar-refractivity contribution in [3.63, 3.8) is 0 Å². The highest BCUT2D eigenvalue weighted by molar-refractivity contribution is 6.33. The largest absolute Gasteiger partial charge is 0.368 e.